The molecular formula is C40H54N5O12P. The Morgan fingerprint density at radius 3 is 2.40 bits per heavy atom. The first-order valence-corrected chi connectivity index (χ1v) is 20.7. The van der Waals surface area contributed by atoms with Gasteiger partial charge in [0, 0.05) is 25.2 Å². The summed E-state index contributed by atoms with van der Waals surface area (Å²) in [5, 5.41) is 8.66. The van der Waals surface area contributed by atoms with Crippen molar-refractivity contribution in [3.8, 4) is 17.1 Å². The predicted molar refractivity (Wildman–Crippen MR) is 213 cm³/mol. The van der Waals surface area contributed by atoms with E-state index in [1.54, 1.807) is 38.1 Å². The van der Waals surface area contributed by atoms with Crippen LogP contribution < -0.4 is 20.7 Å². The third-order valence-electron chi connectivity index (χ3n) is 9.56. The molecule has 1 aliphatic heterocycles. The Kier molecular flexibility index (Phi) is 18.4. The van der Waals surface area contributed by atoms with E-state index < -0.39 is 50.6 Å². The maximum Gasteiger partial charge on any atom is 0.363 e. The third-order valence-corrected chi connectivity index (χ3v) is 9.95. The van der Waals surface area contributed by atoms with Gasteiger partial charge in [0.05, 0.1) is 49.6 Å². The molecule has 0 spiro atoms. The second-order valence-corrected chi connectivity index (χ2v) is 14.4. The number of carbonyl (C=O) groups excluding carboxylic acids is 5. The summed E-state index contributed by atoms with van der Waals surface area (Å²) in [5.74, 6) is -2.63. The molecule has 3 aromatic rings. The van der Waals surface area contributed by atoms with Gasteiger partial charge in [-0.05, 0) is 68.1 Å². The number of furan rings is 1. The van der Waals surface area contributed by atoms with Gasteiger partial charge in [-0.3, -0.25) is 33.2 Å². The second kappa shape index (κ2) is 23.4. The number of carbonyl (C=O) groups is 5. The van der Waals surface area contributed by atoms with Crippen molar-refractivity contribution >= 4 is 38.4 Å². The summed E-state index contributed by atoms with van der Waals surface area (Å²) in [6.45, 7) is 10.7. The minimum Gasteiger partial charge on any atom is -0.493 e. The molecule has 316 valence electrons. The number of nitrogens with one attached hydrogen (secondary N) is 3. The summed E-state index contributed by atoms with van der Waals surface area (Å²) >= 11 is 0. The normalized spacial score (nSPS) is 14.4. The molecule has 17 nitrogen and oxygen atoms in total. The van der Waals surface area contributed by atoms with E-state index in [0.717, 1.165) is 43.1 Å². The van der Waals surface area contributed by atoms with Crippen LogP contribution in [0.25, 0.3) is 11.3 Å². The van der Waals surface area contributed by atoms with Gasteiger partial charge < -0.3 is 39.6 Å². The van der Waals surface area contributed by atoms with Gasteiger partial charge in [0.1, 0.15) is 18.2 Å². The molecule has 2 heterocycles. The average molecular weight is 828 g/mol. The number of hydrogen-bond donors (Lipinski definition) is 4. The highest BCUT2D eigenvalue weighted by molar-refractivity contribution is 7.32. The molecule has 4 amide bonds. The zero-order valence-corrected chi connectivity index (χ0v) is 34.4. The van der Waals surface area contributed by atoms with Gasteiger partial charge >= 0.3 is 14.2 Å². The molecule has 58 heavy (non-hydrogen) atoms. The minimum absolute atomic E-state index is 0.0465. The van der Waals surface area contributed by atoms with Crippen LogP contribution in [0.15, 0.2) is 52.9 Å². The largest absolute Gasteiger partial charge is 0.493 e. The van der Waals surface area contributed by atoms with Crippen LogP contribution in [-0.2, 0) is 34.8 Å². The average Bonchev–Trinajstić information content (AvgIpc) is 3.71. The molecule has 3 unspecified atom stereocenters. The number of morpholine rings is 1. The summed E-state index contributed by atoms with van der Waals surface area (Å²) in [6.07, 6.45) is 3.58. The number of nitrogens with zero attached hydrogens (tertiary/aromatic N) is 2. The standard InChI is InChI=1S/C40H54N5O12P/c1-5-8-9-10-31(33(6-2)45(26-46)57-40(50)30-13-11-28(21-27(30)4)23-44-17-19-53-20-18-44)37(47)41-24-42-39(49)35-16-15-34(56-35)29-12-14-32(36(22-29)54-7-3)38(48)43-25-55-58(51)52/h11-16,21-22,26,31,33,58H,5-10,17-20,23-25H2,1-4H3,(H,41,47)(H,42,49)(H,43,48)(H,51,52). The van der Waals surface area contributed by atoms with Crippen LogP contribution in [0.5, 0.6) is 5.75 Å². The van der Waals surface area contributed by atoms with E-state index in [0.29, 0.717) is 61.3 Å². The Morgan fingerprint density at radius 1 is 0.966 bits per heavy atom. The lowest BCUT2D eigenvalue weighted by Gasteiger charge is -2.32. The van der Waals surface area contributed by atoms with E-state index in [-0.39, 0.29) is 30.3 Å². The lowest BCUT2D eigenvalue weighted by atomic mass is 9.90. The predicted octanol–water partition coefficient (Wildman–Crippen LogP) is 4.58. The zero-order valence-electron chi connectivity index (χ0n) is 33.4. The van der Waals surface area contributed by atoms with Gasteiger partial charge in [-0.15, -0.1) is 0 Å². The SMILES string of the molecule is CCCCCC(C(=O)NCNC(=O)c1ccc(-c2ccc(C(=O)NCO[PH](=O)O)c(OCC)c2)o1)C(CC)N(C=O)OC(=O)c1ccc(CN2CCOCC2)cc1C. The first-order chi connectivity index (χ1) is 28.0. The van der Waals surface area contributed by atoms with Crippen LogP contribution in [0, 0.1) is 12.8 Å². The fourth-order valence-electron chi connectivity index (χ4n) is 6.58. The number of aryl methyl sites for hydroxylation is 1. The summed E-state index contributed by atoms with van der Waals surface area (Å²) in [7, 11) is -3.22. The van der Waals surface area contributed by atoms with Crippen molar-refractivity contribution in [2.45, 2.75) is 72.4 Å². The maximum atomic E-state index is 13.7. The van der Waals surface area contributed by atoms with Crippen LogP contribution in [0.1, 0.15) is 95.3 Å². The van der Waals surface area contributed by atoms with Crippen LogP contribution in [-0.4, -0.2) is 97.3 Å². The van der Waals surface area contributed by atoms with Crippen LogP contribution in [0.3, 0.4) is 0 Å². The number of rotatable bonds is 23. The van der Waals surface area contributed by atoms with Crippen molar-refractivity contribution < 1.29 is 56.7 Å². The molecule has 1 fully saturated rings. The maximum absolute atomic E-state index is 13.7. The molecule has 4 rings (SSSR count). The lowest BCUT2D eigenvalue weighted by Crippen LogP contribution is -2.49. The molecule has 1 aromatic heterocycles. The fraction of sp³-hybridized carbons (Fsp3) is 0.475. The summed E-state index contributed by atoms with van der Waals surface area (Å²) in [5.41, 5.74) is 2.71. The van der Waals surface area contributed by atoms with E-state index >= 15 is 0 Å². The molecule has 4 N–H and O–H groups in total. The highest BCUT2D eigenvalue weighted by Gasteiger charge is 2.34. The highest BCUT2D eigenvalue weighted by Crippen LogP contribution is 2.30. The lowest BCUT2D eigenvalue weighted by molar-refractivity contribution is -0.171. The first kappa shape index (κ1) is 45.6. The molecule has 3 atom stereocenters. The van der Waals surface area contributed by atoms with E-state index in [4.69, 9.17) is 23.6 Å². The Labute approximate surface area is 338 Å². The quantitative estimate of drug-likeness (QED) is 0.0339. The molecule has 0 saturated carbocycles. The molecular weight excluding hydrogens is 773 g/mol. The second-order valence-electron chi connectivity index (χ2n) is 13.6. The van der Waals surface area contributed by atoms with E-state index in [1.165, 1.54) is 12.1 Å². The zero-order chi connectivity index (χ0) is 42.0. The first-order valence-electron chi connectivity index (χ1n) is 19.4. The van der Waals surface area contributed by atoms with Crippen molar-refractivity contribution in [3.05, 3.63) is 76.5 Å². The molecule has 0 radical (unpaired) electrons. The molecule has 18 heteroatoms. The van der Waals surface area contributed by atoms with Gasteiger partial charge in [-0.2, -0.15) is 5.06 Å². The molecule has 1 aliphatic rings. The topological polar surface area (TPSA) is 215 Å². The Balaban J connectivity index is 1.38. The van der Waals surface area contributed by atoms with Crippen LogP contribution in [0.2, 0.25) is 0 Å². The monoisotopic (exact) mass is 827 g/mol. The van der Waals surface area contributed by atoms with Crippen molar-refractivity contribution in [1.29, 1.82) is 0 Å². The third kappa shape index (κ3) is 13.2. The van der Waals surface area contributed by atoms with E-state index in [9.17, 15) is 28.5 Å². The van der Waals surface area contributed by atoms with Gasteiger partial charge in [0.2, 0.25) is 12.3 Å². The van der Waals surface area contributed by atoms with Crippen molar-refractivity contribution in [2.24, 2.45) is 5.92 Å². The number of ether oxygens (including phenoxy) is 2. The van der Waals surface area contributed by atoms with Crippen molar-refractivity contribution in [3.63, 3.8) is 0 Å². The minimum atomic E-state index is -3.22. The Hall–Kier alpha value is -5.06. The van der Waals surface area contributed by atoms with Crippen LogP contribution in [0.4, 0.5) is 0 Å². The van der Waals surface area contributed by atoms with Gasteiger partial charge in [-0.25, -0.2) is 4.79 Å². The summed E-state index contributed by atoms with van der Waals surface area (Å²) < 4.78 is 32.2. The Bertz CT molecular complexity index is 1880. The van der Waals surface area contributed by atoms with E-state index in [1.807, 2.05) is 26.0 Å². The van der Waals surface area contributed by atoms with Gasteiger partial charge in [-0.1, -0.05) is 51.3 Å². The van der Waals surface area contributed by atoms with Crippen LogP contribution >= 0.6 is 8.25 Å². The number of unbranched alkanes of at least 4 members (excludes halogenated alkanes) is 2. The molecule has 0 bridgehead atoms. The fourth-order valence-corrected chi connectivity index (χ4v) is 6.77. The molecule has 1 saturated heterocycles. The van der Waals surface area contributed by atoms with Gasteiger partial charge in [0.25, 0.3) is 11.8 Å². The molecule has 0 aliphatic carbocycles. The number of hydroxylamine groups is 2. The van der Waals surface area contributed by atoms with Crippen molar-refractivity contribution in [2.75, 3.05) is 46.3 Å². The van der Waals surface area contributed by atoms with Gasteiger partial charge in [0.15, 0.2) is 5.76 Å². The van der Waals surface area contributed by atoms with Crippen molar-refractivity contribution in [1.82, 2.24) is 25.9 Å². The smallest absolute Gasteiger partial charge is 0.363 e. The molecule has 2 aromatic carbocycles. The number of benzene rings is 2. The number of hydrogen-bond acceptors (Lipinski definition) is 12. The Morgan fingerprint density at radius 2 is 1.72 bits per heavy atom. The summed E-state index contributed by atoms with van der Waals surface area (Å²) in [4.78, 5) is 81.8. The van der Waals surface area contributed by atoms with E-state index in [2.05, 4.69) is 25.4 Å². The summed E-state index contributed by atoms with van der Waals surface area (Å²) in [6, 6.07) is 12.4. The number of amides is 4. The highest BCUT2D eigenvalue weighted by atomic mass is 31.1.